The molecule has 0 saturated carbocycles. The summed E-state index contributed by atoms with van der Waals surface area (Å²) in [6, 6.07) is 6.02. The Morgan fingerprint density at radius 2 is 2.29 bits per heavy atom. The predicted molar refractivity (Wildman–Crippen MR) is 86.2 cm³/mol. The molecule has 4 nitrogen and oxygen atoms in total. The van der Waals surface area contributed by atoms with E-state index < -0.39 is 0 Å². The summed E-state index contributed by atoms with van der Waals surface area (Å²) in [6.07, 6.45) is 1.23. The molecule has 114 valence electrons. The Morgan fingerprint density at radius 3 is 2.90 bits per heavy atom. The average Bonchev–Trinajstić information content (AvgIpc) is 3.03. The van der Waals surface area contributed by atoms with Crippen molar-refractivity contribution in [3.05, 3.63) is 24.0 Å². The lowest BCUT2D eigenvalue weighted by Gasteiger charge is -2.16. The third-order valence-electron chi connectivity index (χ3n) is 4.27. The van der Waals surface area contributed by atoms with Gasteiger partial charge in [0.15, 0.2) is 0 Å². The molecule has 2 aromatic rings. The molecular formula is C16H22ClN3O. The number of hydrogen-bond donors (Lipinski definition) is 0. The first-order chi connectivity index (χ1) is 10.1. The monoisotopic (exact) mass is 307 g/mol. The molecule has 21 heavy (non-hydrogen) atoms. The largest absolute Gasteiger partial charge is 0.497 e. The zero-order valence-electron chi connectivity index (χ0n) is 12.8. The van der Waals surface area contributed by atoms with E-state index in [0.29, 0.717) is 5.92 Å². The van der Waals surface area contributed by atoms with E-state index in [9.17, 15) is 0 Å². The summed E-state index contributed by atoms with van der Waals surface area (Å²) in [5.41, 5.74) is 2.11. The van der Waals surface area contributed by atoms with Gasteiger partial charge >= 0.3 is 0 Å². The van der Waals surface area contributed by atoms with Gasteiger partial charge in [0.05, 0.1) is 23.5 Å². The van der Waals surface area contributed by atoms with E-state index >= 15 is 0 Å². The fourth-order valence-corrected chi connectivity index (χ4v) is 3.34. The molecule has 5 heteroatoms. The molecule has 1 aromatic carbocycles. The molecule has 2 atom stereocenters. The fraction of sp³-hybridized carbons (Fsp3) is 0.562. The Balaban J connectivity index is 2.01. The van der Waals surface area contributed by atoms with Crippen LogP contribution in [-0.4, -0.2) is 41.7 Å². The van der Waals surface area contributed by atoms with Gasteiger partial charge in [-0.2, -0.15) is 0 Å². The predicted octanol–water partition coefficient (Wildman–Crippen LogP) is 3.30. The molecular weight excluding hydrogens is 286 g/mol. The van der Waals surface area contributed by atoms with Crippen LogP contribution >= 0.6 is 11.6 Å². The van der Waals surface area contributed by atoms with E-state index in [-0.39, 0.29) is 5.38 Å². The number of ether oxygens (including phenoxy) is 1. The summed E-state index contributed by atoms with van der Waals surface area (Å²) in [6.45, 7) is 5.27. The molecule has 1 aliphatic heterocycles. The first-order valence-electron chi connectivity index (χ1n) is 7.45. The maximum absolute atomic E-state index is 6.34. The molecule has 0 radical (unpaired) electrons. The Labute approximate surface area is 130 Å². The minimum atomic E-state index is -0.0949. The summed E-state index contributed by atoms with van der Waals surface area (Å²) in [4.78, 5) is 7.09. The van der Waals surface area contributed by atoms with Gasteiger partial charge in [0.1, 0.15) is 11.6 Å². The number of imidazole rings is 1. The van der Waals surface area contributed by atoms with Crippen molar-refractivity contribution in [2.45, 2.75) is 25.3 Å². The lowest BCUT2D eigenvalue weighted by Crippen LogP contribution is -2.18. The minimum Gasteiger partial charge on any atom is -0.497 e. The number of halogens is 1. The van der Waals surface area contributed by atoms with E-state index in [1.165, 1.54) is 13.0 Å². The van der Waals surface area contributed by atoms with Gasteiger partial charge in [0.2, 0.25) is 0 Å². The van der Waals surface area contributed by atoms with Crippen LogP contribution in [0.25, 0.3) is 11.0 Å². The van der Waals surface area contributed by atoms with Crippen molar-refractivity contribution in [3.63, 3.8) is 0 Å². The standard InChI is InChI=1S/C16H22ClN3O/c1-11(17)16-18-14-5-4-13(21-3)8-15(14)20(16)10-12-6-7-19(2)9-12/h4-5,8,11-12H,6-7,9-10H2,1-3H3. The zero-order valence-corrected chi connectivity index (χ0v) is 13.6. The van der Waals surface area contributed by atoms with Crippen molar-refractivity contribution in [2.24, 2.45) is 5.92 Å². The van der Waals surface area contributed by atoms with Crippen molar-refractivity contribution >= 4 is 22.6 Å². The van der Waals surface area contributed by atoms with Crippen LogP contribution in [0, 0.1) is 5.92 Å². The van der Waals surface area contributed by atoms with Gasteiger partial charge < -0.3 is 14.2 Å². The molecule has 1 aliphatic rings. The number of rotatable bonds is 4. The quantitative estimate of drug-likeness (QED) is 0.812. The van der Waals surface area contributed by atoms with E-state index in [1.807, 2.05) is 19.1 Å². The SMILES string of the molecule is COc1ccc2nc(C(C)Cl)n(CC3CCN(C)C3)c2c1. The molecule has 0 aliphatic carbocycles. The van der Waals surface area contributed by atoms with Crippen molar-refractivity contribution in [2.75, 3.05) is 27.2 Å². The number of likely N-dealkylation sites (tertiary alicyclic amines) is 1. The van der Waals surface area contributed by atoms with Crippen LogP contribution in [0.1, 0.15) is 24.5 Å². The second-order valence-corrected chi connectivity index (χ2v) is 6.62. The second kappa shape index (κ2) is 5.85. The van der Waals surface area contributed by atoms with Crippen LogP contribution in [0.5, 0.6) is 5.75 Å². The topological polar surface area (TPSA) is 30.3 Å². The Hall–Kier alpha value is -1.26. The number of aromatic nitrogens is 2. The highest BCUT2D eigenvalue weighted by Gasteiger charge is 2.23. The fourth-order valence-electron chi connectivity index (χ4n) is 3.18. The molecule has 1 aromatic heterocycles. The minimum absolute atomic E-state index is 0.0949. The van der Waals surface area contributed by atoms with Gasteiger partial charge in [-0.05, 0) is 45.0 Å². The van der Waals surface area contributed by atoms with Crippen molar-refractivity contribution in [3.8, 4) is 5.75 Å². The smallest absolute Gasteiger partial charge is 0.127 e. The zero-order chi connectivity index (χ0) is 15.0. The van der Waals surface area contributed by atoms with E-state index in [1.54, 1.807) is 7.11 Å². The van der Waals surface area contributed by atoms with Gasteiger partial charge in [-0.15, -0.1) is 11.6 Å². The summed E-state index contributed by atoms with van der Waals surface area (Å²) in [5, 5.41) is -0.0949. The van der Waals surface area contributed by atoms with E-state index in [2.05, 4.69) is 22.6 Å². The van der Waals surface area contributed by atoms with Crippen LogP contribution in [0.3, 0.4) is 0 Å². The van der Waals surface area contributed by atoms with Crippen molar-refractivity contribution in [1.82, 2.24) is 14.5 Å². The third-order valence-corrected chi connectivity index (χ3v) is 4.47. The second-order valence-electron chi connectivity index (χ2n) is 5.97. The highest BCUT2D eigenvalue weighted by Crippen LogP contribution is 2.29. The molecule has 3 rings (SSSR count). The van der Waals surface area contributed by atoms with Gasteiger partial charge in [0.25, 0.3) is 0 Å². The molecule has 2 unspecified atom stereocenters. The Bertz CT molecular complexity index is 638. The van der Waals surface area contributed by atoms with Crippen molar-refractivity contribution in [1.29, 1.82) is 0 Å². The maximum atomic E-state index is 6.34. The van der Waals surface area contributed by atoms with Crippen LogP contribution in [0.15, 0.2) is 18.2 Å². The van der Waals surface area contributed by atoms with Crippen LogP contribution < -0.4 is 4.74 Å². The molecule has 0 N–H and O–H groups in total. The van der Waals surface area contributed by atoms with Gasteiger partial charge in [-0.1, -0.05) is 0 Å². The third kappa shape index (κ3) is 2.87. The number of hydrogen-bond acceptors (Lipinski definition) is 3. The van der Waals surface area contributed by atoms with Crippen LogP contribution in [-0.2, 0) is 6.54 Å². The number of nitrogens with zero attached hydrogens (tertiary/aromatic N) is 3. The summed E-state index contributed by atoms with van der Waals surface area (Å²) < 4.78 is 7.63. The summed E-state index contributed by atoms with van der Waals surface area (Å²) >= 11 is 6.34. The molecule has 1 saturated heterocycles. The van der Waals surface area contributed by atoms with Gasteiger partial charge in [0, 0.05) is 19.2 Å². The Kier molecular flexibility index (Phi) is 4.09. The molecule has 2 heterocycles. The lowest BCUT2D eigenvalue weighted by atomic mass is 10.1. The highest BCUT2D eigenvalue weighted by atomic mass is 35.5. The van der Waals surface area contributed by atoms with Gasteiger partial charge in [-0.25, -0.2) is 4.98 Å². The average molecular weight is 308 g/mol. The van der Waals surface area contributed by atoms with Crippen molar-refractivity contribution < 1.29 is 4.74 Å². The Morgan fingerprint density at radius 1 is 1.48 bits per heavy atom. The number of alkyl halides is 1. The maximum Gasteiger partial charge on any atom is 0.127 e. The number of fused-ring (bicyclic) bond motifs is 1. The van der Waals surface area contributed by atoms with Crippen LogP contribution in [0.4, 0.5) is 0 Å². The summed E-state index contributed by atoms with van der Waals surface area (Å²) in [7, 11) is 3.87. The number of benzene rings is 1. The van der Waals surface area contributed by atoms with E-state index in [4.69, 9.17) is 21.3 Å². The number of methoxy groups -OCH3 is 1. The lowest BCUT2D eigenvalue weighted by molar-refractivity contribution is 0.377. The van der Waals surface area contributed by atoms with E-state index in [0.717, 1.165) is 35.7 Å². The van der Waals surface area contributed by atoms with Gasteiger partial charge in [-0.3, -0.25) is 0 Å². The van der Waals surface area contributed by atoms with Crippen LogP contribution in [0.2, 0.25) is 0 Å². The molecule has 0 bridgehead atoms. The first kappa shape index (κ1) is 14.7. The molecule has 0 amide bonds. The first-order valence-corrected chi connectivity index (χ1v) is 7.89. The summed E-state index contributed by atoms with van der Waals surface area (Å²) in [5.74, 6) is 2.48. The highest BCUT2D eigenvalue weighted by molar-refractivity contribution is 6.20. The molecule has 1 fully saturated rings. The normalized spacial score (nSPS) is 21.0. The molecule has 0 spiro atoms.